The third-order valence-corrected chi connectivity index (χ3v) is 2.54. The Hall–Kier alpha value is -0.200. The SMILES string of the molecule is CC(CCl)Cc1ccc(Cl)cc1. The van der Waals surface area contributed by atoms with Crippen LogP contribution in [0.3, 0.4) is 0 Å². The van der Waals surface area contributed by atoms with Gasteiger partial charge in [0, 0.05) is 10.9 Å². The number of halogens is 2. The van der Waals surface area contributed by atoms with Crippen molar-refractivity contribution in [2.75, 3.05) is 5.88 Å². The van der Waals surface area contributed by atoms with Crippen LogP contribution in [0.15, 0.2) is 24.3 Å². The minimum Gasteiger partial charge on any atom is -0.126 e. The first kappa shape index (κ1) is 9.88. The van der Waals surface area contributed by atoms with Gasteiger partial charge in [-0.05, 0) is 30.0 Å². The fourth-order valence-corrected chi connectivity index (χ4v) is 1.31. The first-order chi connectivity index (χ1) is 5.72. The Morgan fingerprint density at radius 3 is 2.33 bits per heavy atom. The second-order valence-electron chi connectivity index (χ2n) is 3.09. The molecule has 0 spiro atoms. The van der Waals surface area contributed by atoms with Crippen molar-refractivity contribution in [1.82, 2.24) is 0 Å². The summed E-state index contributed by atoms with van der Waals surface area (Å²) in [7, 11) is 0. The summed E-state index contributed by atoms with van der Waals surface area (Å²) in [6.45, 7) is 2.14. The molecule has 1 aromatic rings. The topological polar surface area (TPSA) is 0 Å². The van der Waals surface area contributed by atoms with Gasteiger partial charge in [-0.1, -0.05) is 30.7 Å². The molecule has 0 aliphatic heterocycles. The van der Waals surface area contributed by atoms with Crippen molar-refractivity contribution in [3.63, 3.8) is 0 Å². The molecule has 1 atom stereocenters. The summed E-state index contributed by atoms with van der Waals surface area (Å²) in [5.41, 5.74) is 1.30. The third-order valence-electron chi connectivity index (χ3n) is 1.76. The predicted molar refractivity (Wildman–Crippen MR) is 55.0 cm³/mol. The van der Waals surface area contributed by atoms with Gasteiger partial charge >= 0.3 is 0 Å². The lowest BCUT2D eigenvalue weighted by Gasteiger charge is -2.06. The predicted octanol–water partition coefficient (Wildman–Crippen LogP) is 3.76. The lowest BCUT2D eigenvalue weighted by Crippen LogP contribution is -2.00. The lowest BCUT2D eigenvalue weighted by molar-refractivity contribution is 0.655. The summed E-state index contributed by atoms with van der Waals surface area (Å²) >= 11 is 11.5. The van der Waals surface area contributed by atoms with Gasteiger partial charge in [0.25, 0.3) is 0 Å². The van der Waals surface area contributed by atoms with Crippen molar-refractivity contribution in [2.24, 2.45) is 5.92 Å². The molecule has 0 saturated carbocycles. The Kier molecular flexibility index (Phi) is 3.90. The molecule has 1 aromatic carbocycles. The summed E-state index contributed by atoms with van der Waals surface area (Å²) < 4.78 is 0. The van der Waals surface area contributed by atoms with Crippen molar-refractivity contribution < 1.29 is 0 Å². The van der Waals surface area contributed by atoms with Crippen LogP contribution < -0.4 is 0 Å². The van der Waals surface area contributed by atoms with E-state index in [0.29, 0.717) is 11.8 Å². The minimum absolute atomic E-state index is 0.535. The van der Waals surface area contributed by atoms with E-state index in [1.165, 1.54) is 5.56 Å². The van der Waals surface area contributed by atoms with E-state index in [1.807, 2.05) is 24.3 Å². The maximum absolute atomic E-state index is 5.76. The van der Waals surface area contributed by atoms with Crippen molar-refractivity contribution in [3.05, 3.63) is 34.9 Å². The molecule has 0 fully saturated rings. The molecular weight excluding hydrogens is 191 g/mol. The molecule has 0 aromatic heterocycles. The molecule has 66 valence electrons. The molecule has 0 amide bonds. The van der Waals surface area contributed by atoms with Gasteiger partial charge in [0.1, 0.15) is 0 Å². The van der Waals surface area contributed by atoms with E-state index in [2.05, 4.69) is 6.92 Å². The van der Waals surface area contributed by atoms with E-state index < -0.39 is 0 Å². The molecule has 1 rings (SSSR count). The van der Waals surface area contributed by atoms with E-state index in [9.17, 15) is 0 Å². The molecule has 0 N–H and O–H groups in total. The van der Waals surface area contributed by atoms with Gasteiger partial charge in [0.05, 0.1) is 0 Å². The highest BCUT2D eigenvalue weighted by atomic mass is 35.5. The van der Waals surface area contributed by atoms with Crippen LogP contribution in [-0.2, 0) is 6.42 Å². The van der Waals surface area contributed by atoms with Gasteiger partial charge < -0.3 is 0 Å². The van der Waals surface area contributed by atoms with Crippen LogP contribution in [0.25, 0.3) is 0 Å². The Morgan fingerprint density at radius 1 is 1.25 bits per heavy atom. The van der Waals surface area contributed by atoms with Gasteiger partial charge in [-0.15, -0.1) is 11.6 Å². The fraction of sp³-hybridized carbons (Fsp3) is 0.400. The van der Waals surface area contributed by atoms with Gasteiger partial charge in [-0.25, -0.2) is 0 Å². The second kappa shape index (κ2) is 4.74. The molecule has 0 heterocycles. The Morgan fingerprint density at radius 2 is 1.83 bits per heavy atom. The van der Waals surface area contributed by atoms with Gasteiger partial charge in [0.15, 0.2) is 0 Å². The summed E-state index contributed by atoms with van der Waals surface area (Å²) in [6, 6.07) is 7.92. The molecular formula is C10H12Cl2. The molecule has 1 unspecified atom stereocenters. The molecule has 12 heavy (non-hydrogen) atoms. The zero-order chi connectivity index (χ0) is 8.97. The Labute approximate surface area is 83.5 Å². The normalized spacial score (nSPS) is 12.9. The van der Waals surface area contributed by atoms with Crippen LogP contribution >= 0.6 is 23.2 Å². The van der Waals surface area contributed by atoms with Crippen molar-refractivity contribution in [3.8, 4) is 0 Å². The monoisotopic (exact) mass is 202 g/mol. The molecule has 0 nitrogen and oxygen atoms in total. The molecule has 0 aliphatic carbocycles. The largest absolute Gasteiger partial charge is 0.126 e. The summed E-state index contributed by atoms with van der Waals surface area (Å²) in [6.07, 6.45) is 1.03. The Balaban J connectivity index is 2.58. The van der Waals surface area contributed by atoms with Crippen LogP contribution in [-0.4, -0.2) is 5.88 Å². The molecule has 0 saturated heterocycles. The van der Waals surface area contributed by atoms with Crippen LogP contribution in [0.2, 0.25) is 5.02 Å². The highest BCUT2D eigenvalue weighted by Crippen LogP contribution is 2.13. The van der Waals surface area contributed by atoms with Crippen LogP contribution in [0.5, 0.6) is 0 Å². The van der Waals surface area contributed by atoms with E-state index in [-0.39, 0.29) is 0 Å². The average Bonchev–Trinajstić information content (AvgIpc) is 2.09. The van der Waals surface area contributed by atoms with Gasteiger partial charge in [-0.2, -0.15) is 0 Å². The zero-order valence-corrected chi connectivity index (χ0v) is 8.57. The van der Waals surface area contributed by atoms with E-state index in [0.717, 1.165) is 11.4 Å². The van der Waals surface area contributed by atoms with E-state index in [1.54, 1.807) is 0 Å². The lowest BCUT2D eigenvalue weighted by atomic mass is 10.0. The maximum atomic E-state index is 5.76. The molecule has 2 heteroatoms. The second-order valence-corrected chi connectivity index (χ2v) is 3.84. The Bertz CT molecular complexity index is 228. The number of hydrogen-bond donors (Lipinski definition) is 0. The average molecular weight is 203 g/mol. The number of rotatable bonds is 3. The van der Waals surface area contributed by atoms with E-state index >= 15 is 0 Å². The summed E-state index contributed by atoms with van der Waals surface area (Å²) in [5.74, 6) is 1.25. The molecule has 0 radical (unpaired) electrons. The van der Waals surface area contributed by atoms with Crippen molar-refractivity contribution in [1.29, 1.82) is 0 Å². The first-order valence-corrected chi connectivity index (χ1v) is 4.94. The zero-order valence-electron chi connectivity index (χ0n) is 7.06. The smallest absolute Gasteiger partial charge is 0.0406 e. The third kappa shape index (κ3) is 3.04. The summed E-state index contributed by atoms with van der Waals surface area (Å²) in [4.78, 5) is 0. The number of alkyl halides is 1. The van der Waals surface area contributed by atoms with Gasteiger partial charge in [0.2, 0.25) is 0 Å². The van der Waals surface area contributed by atoms with Gasteiger partial charge in [-0.3, -0.25) is 0 Å². The quantitative estimate of drug-likeness (QED) is 0.656. The van der Waals surface area contributed by atoms with Crippen LogP contribution in [0, 0.1) is 5.92 Å². The first-order valence-electron chi connectivity index (χ1n) is 4.03. The number of hydrogen-bond acceptors (Lipinski definition) is 0. The molecule has 0 aliphatic rings. The van der Waals surface area contributed by atoms with Crippen LogP contribution in [0.4, 0.5) is 0 Å². The minimum atomic E-state index is 0.535. The van der Waals surface area contributed by atoms with Crippen LogP contribution in [0.1, 0.15) is 12.5 Å². The highest BCUT2D eigenvalue weighted by molar-refractivity contribution is 6.30. The fourth-order valence-electron chi connectivity index (χ4n) is 1.08. The summed E-state index contributed by atoms with van der Waals surface area (Å²) in [5, 5.41) is 0.789. The highest BCUT2D eigenvalue weighted by Gasteiger charge is 2.00. The van der Waals surface area contributed by atoms with E-state index in [4.69, 9.17) is 23.2 Å². The van der Waals surface area contributed by atoms with Crippen molar-refractivity contribution in [2.45, 2.75) is 13.3 Å². The number of benzene rings is 1. The maximum Gasteiger partial charge on any atom is 0.0406 e. The van der Waals surface area contributed by atoms with Crippen molar-refractivity contribution >= 4 is 23.2 Å². The molecule has 0 bridgehead atoms. The standard InChI is InChI=1S/C10H12Cl2/c1-8(7-11)6-9-2-4-10(12)5-3-9/h2-5,8H,6-7H2,1H3.